The summed E-state index contributed by atoms with van der Waals surface area (Å²) in [4.78, 5) is 4.33. The summed E-state index contributed by atoms with van der Waals surface area (Å²) in [5.74, 6) is 0.833. The summed E-state index contributed by atoms with van der Waals surface area (Å²) in [5, 5.41) is 14.2. The van der Waals surface area contributed by atoms with Crippen LogP contribution in [0.2, 0.25) is 0 Å². The molecule has 3 rings (SSSR count). The van der Waals surface area contributed by atoms with E-state index in [0.717, 1.165) is 28.5 Å². The zero-order chi connectivity index (χ0) is 16.1. The molecule has 0 aliphatic carbocycles. The lowest BCUT2D eigenvalue weighted by Crippen LogP contribution is -2.12. The van der Waals surface area contributed by atoms with Gasteiger partial charge in [0.15, 0.2) is 0 Å². The Bertz CT molecular complexity index is 740. The number of nitrogens with zero attached hydrogens (tertiary/aromatic N) is 2. The van der Waals surface area contributed by atoms with E-state index in [0.29, 0.717) is 6.54 Å². The number of nitrogens with one attached hydrogen (secondary N) is 1. The summed E-state index contributed by atoms with van der Waals surface area (Å²) < 4.78 is 4.22. The number of hydrogen-bond donors (Lipinski definition) is 2. The lowest BCUT2D eigenvalue weighted by Gasteiger charge is -2.12. The maximum absolute atomic E-state index is 10.3. The van der Waals surface area contributed by atoms with Crippen LogP contribution in [0, 0.1) is 0 Å². The molecule has 2 N–H and O–H groups in total. The fourth-order valence-electron chi connectivity index (χ4n) is 2.30. The molecule has 1 aromatic heterocycles. The Morgan fingerprint density at radius 2 is 1.74 bits per heavy atom. The molecule has 0 bridgehead atoms. The smallest absolute Gasteiger partial charge is 0.202 e. The van der Waals surface area contributed by atoms with Crippen molar-refractivity contribution in [3.8, 4) is 11.1 Å². The second-order valence-corrected chi connectivity index (χ2v) is 6.01. The van der Waals surface area contributed by atoms with Crippen LogP contribution in [-0.4, -0.2) is 21.0 Å². The van der Waals surface area contributed by atoms with E-state index in [-0.39, 0.29) is 0 Å². The van der Waals surface area contributed by atoms with Crippen LogP contribution < -0.4 is 5.32 Å². The molecule has 23 heavy (non-hydrogen) atoms. The van der Waals surface area contributed by atoms with Gasteiger partial charge in [0.05, 0.1) is 6.10 Å². The SMILES string of the molecule is CCc1nsc(NCC(O)c2ccc(-c3ccccc3)cc2)n1. The Hall–Kier alpha value is -2.24. The lowest BCUT2D eigenvalue weighted by atomic mass is 10.0. The Morgan fingerprint density at radius 3 is 2.39 bits per heavy atom. The summed E-state index contributed by atoms with van der Waals surface area (Å²) in [6.45, 7) is 2.44. The number of aliphatic hydroxyl groups is 1. The normalized spacial score (nSPS) is 12.1. The van der Waals surface area contributed by atoms with Crippen LogP contribution in [0.4, 0.5) is 5.13 Å². The zero-order valence-electron chi connectivity index (χ0n) is 12.9. The Kier molecular flexibility index (Phi) is 5.00. The first kappa shape index (κ1) is 15.6. The summed E-state index contributed by atoms with van der Waals surface area (Å²) in [5.41, 5.74) is 3.20. The zero-order valence-corrected chi connectivity index (χ0v) is 13.8. The first-order valence-corrected chi connectivity index (χ1v) is 8.43. The predicted octanol–water partition coefficient (Wildman–Crippen LogP) is 3.91. The van der Waals surface area contributed by atoms with E-state index in [9.17, 15) is 5.11 Å². The molecular weight excluding hydrogens is 306 g/mol. The van der Waals surface area contributed by atoms with Crippen molar-refractivity contribution in [3.05, 3.63) is 66.0 Å². The van der Waals surface area contributed by atoms with E-state index in [4.69, 9.17) is 0 Å². The Labute approximate surface area is 140 Å². The largest absolute Gasteiger partial charge is 0.387 e. The minimum atomic E-state index is -0.575. The number of aryl methyl sites for hydroxylation is 1. The predicted molar refractivity (Wildman–Crippen MR) is 94.6 cm³/mol. The van der Waals surface area contributed by atoms with Crippen molar-refractivity contribution < 1.29 is 5.11 Å². The van der Waals surface area contributed by atoms with Crippen LogP contribution in [0.3, 0.4) is 0 Å². The van der Waals surface area contributed by atoms with Crippen molar-refractivity contribution in [3.63, 3.8) is 0 Å². The summed E-state index contributed by atoms with van der Waals surface area (Å²) in [6.07, 6.45) is 0.246. The molecule has 2 aromatic carbocycles. The standard InChI is InChI=1S/C18H19N3OS/c1-2-17-20-18(23-21-17)19-12-16(22)15-10-8-14(9-11-15)13-6-4-3-5-7-13/h3-11,16,22H,2,12H2,1H3,(H,19,20,21). The van der Waals surface area contributed by atoms with Crippen molar-refractivity contribution in [1.29, 1.82) is 0 Å². The molecule has 1 unspecified atom stereocenters. The van der Waals surface area contributed by atoms with E-state index in [1.807, 2.05) is 49.4 Å². The third-order valence-electron chi connectivity index (χ3n) is 3.63. The maximum Gasteiger partial charge on any atom is 0.202 e. The number of hydrogen-bond acceptors (Lipinski definition) is 5. The summed E-state index contributed by atoms with van der Waals surface area (Å²) in [6, 6.07) is 18.2. The monoisotopic (exact) mass is 325 g/mol. The van der Waals surface area contributed by atoms with Gasteiger partial charge in [-0.3, -0.25) is 0 Å². The molecule has 118 valence electrons. The molecule has 0 amide bonds. The molecule has 0 fully saturated rings. The molecular formula is C18H19N3OS. The lowest BCUT2D eigenvalue weighted by molar-refractivity contribution is 0.191. The molecule has 0 saturated carbocycles. The highest BCUT2D eigenvalue weighted by molar-refractivity contribution is 7.09. The van der Waals surface area contributed by atoms with E-state index >= 15 is 0 Å². The molecule has 0 aliphatic rings. The molecule has 0 spiro atoms. The van der Waals surface area contributed by atoms with Gasteiger partial charge in [0.2, 0.25) is 5.13 Å². The van der Waals surface area contributed by atoms with Crippen molar-refractivity contribution in [2.75, 3.05) is 11.9 Å². The maximum atomic E-state index is 10.3. The van der Waals surface area contributed by atoms with Gasteiger partial charge in [-0.15, -0.1) is 0 Å². The van der Waals surface area contributed by atoms with E-state index in [1.54, 1.807) is 0 Å². The fraction of sp³-hybridized carbons (Fsp3) is 0.222. The van der Waals surface area contributed by atoms with Crippen LogP contribution >= 0.6 is 11.5 Å². The molecule has 1 atom stereocenters. The molecule has 0 aliphatic heterocycles. The van der Waals surface area contributed by atoms with Crippen LogP contribution in [0.15, 0.2) is 54.6 Å². The quantitative estimate of drug-likeness (QED) is 0.721. The second-order valence-electron chi connectivity index (χ2n) is 5.25. The van der Waals surface area contributed by atoms with E-state index in [1.165, 1.54) is 17.1 Å². The highest BCUT2D eigenvalue weighted by atomic mass is 32.1. The number of aromatic nitrogens is 2. The van der Waals surface area contributed by atoms with Crippen LogP contribution in [-0.2, 0) is 6.42 Å². The second kappa shape index (κ2) is 7.35. The van der Waals surface area contributed by atoms with Crippen LogP contribution in [0.5, 0.6) is 0 Å². The first-order valence-electron chi connectivity index (χ1n) is 7.66. The van der Waals surface area contributed by atoms with Crippen molar-refractivity contribution in [2.24, 2.45) is 0 Å². The number of anilines is 1. The van der Waals surface area contributed by atoms with Gasteiger partial charge in [-0.1, -0.05) is 61.5 Å². The molecule has 0 radical (unpaired) electrons. The van der Waals surface area contributed by atoms with Gasteiger partial charge >= 0.3 is 0 Å². The average molecular weight is 325 g/mol. The number of rotatable bonds is 6. The summed E-state index contributed by atoms with van der Waals surface area (Å²) in [7, 11) is 0. The van der Waals surface area contributed by atoms with Crippen LogP contribution in [0.25, 0.3) is 11.1 Å². The minimum Gasteiger partial charge on any atom is -0.387 e. The van der Waals surface area contributed by atoms with E-state index in [2.05, 4.69) is 26.8 Å². The third kappa shape index (κ3) is 3.94. The van der Waals surface area contributed by atoms with Gasteiger partial charge < -0.3 is 10.4 Å². The average Bonchev–Trinajstić information content (AvgIpc) is 3.09. The molecule has 5 heteroatoms. The Morgan fingerprint density at radius 1 is 1.04 bits per heavy atom. The minimum absolute atomic E-state index is 0.420. The fourth-order valence-corrected chi connectivity index (χ4v) is 2.96. The first-order chi connectivity index (χ1) is 11.3. The highest BCUT2D eigenvalue weighted by Crippen LogP contribution is 2.22. The van der Waals surface area contributed by atoms with Gasteiger partial charge in [0.1, 0.15) is 5.82 Å². The molecule has 1 heterocycles. The van der Waals surface area contributed by atoms with Crippen molar-refractivity contribution >= 4 is 16.7 Å². The van der Waals surface area contributed by atoms with Gasteiger partial charge in [-0.2, -0.15) is 4.37 Å². The van der Waals surface area contributed by atoms with Crippen LogP contribution in [0.1, 0.15) is 24.4 Å². The Balaban J connectivity index is 1.62. The van der Waals surface area contributed by atoms with Gasteiger partial charge in [-0.05, 0) is 16.7 Å². The number of benzene rings is 2. The van der Waals surface area contributed by atoms with E-state index < -0.39 is 6.10 Å². The van der Waals surface area contributed by atoms with Gasteiger partial charge in [-0.25, -0.2) is 4.98 Å². The third-order valence-corrected chi connectivity index (χ3v) is 4.34. The summed E-state index contributed by atoms with van der Waals surface area (Å²) >= 11 is 1.33. The van der Waals surface area contributed by atoms with Crippen molar-refractivity contribution in [1.82, 2.24) is 9.36 Å². The molecule has 3 aromatic rings. The van der Waals surface area contributed by atoms with Gasteiger partial charge in [0, 0.05) is 24.5 Å². The van der Waals surface area contributed by atoms with Crippen molar-refractivity contribution in [2.45, 2.75) is 19.4 Å². The topological polar surface area (TPSA) is 58.0 Å². The van der Waals surface area contributed by atoms with Gasteiger partial charge in [0.25, 0.3) is 0 Å². The molecule has 4 nitrogen and oxygen atoms in total. The molecule has 0 saturated heterocycles. The highest BCUT2D eigenvalue weighted by Gasteiger charge is 2.09. The number of aliphatic hydroxyl groups excluding tert-OH is 1.